The Labute approximate surface area is 84.7 Å². The van der Waals surface area contributed by atoms with Crippen molar-refractivity contribution in [2.45, 2.75) is 12.5 Å². The predicted octanol–water partition coefficient (Wildman–Crippen LogP) is 0.0688. The third-order valence-electron chi connectivity index (χ3n) is 1.67. The van der Waals surface area contributed by atoms with E-state index in [9.17, 15) is 9.90 Å². The summed E-state index contributed by atoms with van der Waals surface area (Å²) in [7, 11) is 0. The van der Waals surface area contributed by atoms with Gasteiger partial charge in [-0.2, -0.15) is 0 Å². The lowest BCUT2D eigenvalue weighted by molar-refractivity contribution is -0.307. The van der Waals surface area contributed by atoms with Gasteiger partial charge in [0.15, 0.2) is 0 Å². The van der Waals surface area contributed by atoms with E-state index in [-0.39, 0.29) is 0 Å². The number of carbonyl (C=O) groups excluding carboxylic acids is 1. The lowest BCUT2D eigenvalue weighted by Gasteiger charge is -2.11. The van der Waals surface area contributed by atoms with Crippen LogP contribution in [0.3, 0.4) is 0 Å². The van der Waals surface area contributed by atoms with Crippen molar-refractivity contribution in [3.05, 3.63) is 34.3 Å². The molecule has 0 saturated heterocycles. The minimum Gasteiger partial charge on any atom is -0.548 e. The summed E-state index contributed by atoms with van der Waals surface area (Å²) >= 11 is 3.28. The third kappa shape index (κ3) is 3.16. The van der Waals surface area contributed by atoms with Gasteiger partial charge in [-0.05, 0) is 24.1 Å². The van der Waals surface area contributed by atoms with Crippen LogP contribution in [0.1, 0.15) is 5.56 Å². The van der Waals surface area contributed by atoms with Crippen LogP contribution in [0.4, 0.5) is 0 Å². The SMILES string of the molecule is N[C@@H](Cc1ccc(Br)cc1)C(=O)[O-]. The molecular weight excluding hydrogens is 234 g/mol. The van der Waals surface area contributed by atoms with Gasteiger partial charge in [0.2, 0.25) is 0 Å². The molecule has 0 bridgehead atoms. The molecule has 0 radical (unpaired) electrons. The summed E-state index contributed by atoms with van der Waals surface area (Å²) in [5.74, 6) is -1.22. The summed E-state index contributed by atoms with van der Waals surface area (Å²) in [6.45, 7) is 0. The van der Waals surface area contributed by atoms with Crippen molar-refractivity contribution >= 4 is 21.9 Å². The largest absolute Gasteiger partial charge is 0.548 e. The number of carbonyl (C=O) groups is 1. The Kier molecular flexibility index (Phi) is 3.45. The van der Waals surface area contributed by atoms with Gasteiger partial charge in [0.05, 0.1) is 5.97 Å². The first-order valence-corrected chi connectivity index (χ1v) is 4.60. The maximum Gasteiger partial charge on any atom is 0.0585 e. The second-order valence-electron chi connectivity index (χ2n) is 2.76. The van der Waals surface area contributed by atoms with Crippen LogP contribution in [0.15, 0.2) is 28.7 Å². The number of rotatable bonds is 3. The second-order valence-corrected chi connectivity index (χ2v) is 3.67. The quantitative estimate of drug-likeness (QED) is 0.816. The zero-order valence-electron chi connectivity index (χ0n) is 6.87. The monoisotopic (exact) mass is 242 g/mol. The zero-order valence-corrected chi connectivity index (χ0v) is 8.45. The minimum absolute atomic E-state index is 0.301. The molecule has 0 aliphatic rings. The number of aliphatic carboxylic acids is 1. The first kappa shape index (κ1) is 10.2. The lowest BCUT2D eigenvalue weighted by atomic mass is 10.1. The number of hydrogen-bond acceptors (Lipinski definition) is 3. The van der Waals surface area contributed by atoms with Crippen LogP contribution >= 0.6 is 15.9 Å². The van der Waals surface area contributed by atoms with Crippen molar-refractivity contribution in [2.24, 2.45) is 5.73 Å². The molecule has 0 amide bonds. The normalized spacial score (nSPS) is 12.5. The van der Waals surface area contributed by atoms with E-state index in [0.717, 1.165) is 10.0 Å². The van der Waals surface area contributed by atoms with Gasteiger partial charge in [0, 0.05) is 10.5 Å². The Morgan fingerprint density at radius 3 is 2.46 bits per heavy atom. The van der Waals surface area contributed by atoms with Crippen molar-refractivity contribution in [1.29, 1.82) is 0 Å². The Balaban J connectivity index is 2.64. The van der Waals surface area contributed by atoms with Crippen LogP contribution in [0.2, 0.25) is 0 Å². The van der Waals surface area contributed by atoms with Crippen LogP contribution in [0.5, 0.6) is 0 Å². The van der Waals surface area contributed by atoms with E-state index in [2.05, 4.69) is 15.9 Å². The maximum atomic E-state index is 10.3. The molecule has 0 fully saturated rings. The van der Waals surface area contributed by atoms with Crippen LogP contribution < -0.4 is 10.8 Å². The summed E-state index contributed by atoms with van der Waals surface area (Å²) in [5, 5.41) is 10.3. The molecule has 4 heteroatoms. The molecule has 70 valence electrons. The summed E-state index contributed by atoms with van der Waals surface area (Å²) < 4.78 is 0.957. The second kappa shape index (κ2) is 4.39. The molecule has 1 aromatic rings. The number of benzene rings is 1. The predicted molar refractivity (Wildman–Crippen MR) is 50.8 cm³/mol. The maximum absolute atomic E-state index is 10.3. The summed E-state index contributed by atoms with van der Waals surface area (Å²) in [6, 6.07) is 6.41. The van der Waals surface area contributed by atoms with Gasteiger partial charge in [-0.15, -0.1) is 0 Å². The fraction of sp³-hybridized carbons (Fsp3) is 0.222. The van der Waals surface area contributed by atoms with Gasteiger partial charge in [0.25, 0.3) is 0 Å². The number of carboxylic acids is 1. The molecule has 0 aliphatic carbocycles. The highest BCUT2D eigenvalue weighted by Gasteiger charge is 2.03. The first-order chi connectivity index (χ1) is 6.09. The Hall–Kier alpha value is -0.870. The van der Waals surface area contributed by atoms with E-state index in [1.807, 2.05) is 24.3 Å². The summed E-state index contributed by atoms with van der Waals surface area (Å²) in [4.78, 5) is 10.3. The van der Waals surface area contributed by atoms with E-state index in [4.69, 9.17) is 5.73 Å². The van der Waals surface area contributed by atoms with Gasteiger partial charge in [-0.25, -0.2) is 0 Å². The van der Waals surface area contributed by atoms with Crippen LogP contribution in [-0.2, 0) is 11.2 Å². The molecule has 0 unspecified atom stereocenters. The zero-order chi connectivity index (χ0) is 9.84. The number of hydrogen-bond donors (Lipinski definition) is 1. The van der Waals surface area contributed by atoms with Crippen molar-refractivity contribution in [3.63, 3.8) is 0 Å². The van der Waals surface area contributed by atoms with E-state index in [1.165, 1.54) is 0 Å². The lowest BCUT2D eigenvalue weighted by Crippen LogP contribution is -2.43. The molecule has 0 saturated carbocycles. The van der Waals surface area contributed by atoms with E-state index >= 15 is 0 Å². The van der Waals surface area contributed by atoms with Crippen molar-refractivity contribution < 1.29 is 9.90 Å². The van der Waals surface area contributed by atoms with Crippen molar-refractivity contribution in [3.8, 4) is 0 Å². The van der Waals surface area contributed by atoms with Gasteiger partial charge in [-0.3, -0.25) is 0 Å². The number of carboxylic acid groups (broad SMARTS) is 1. The molecule has 2 N–H and O–H groups in total. The van der Waals surface area contributed by atoms with E-state index in [0.29, 0.717) is 6.42 Å². The fourth-order valence-corrected chi connectivity index (χ4v) is 1.22. The third-order valence-corrected chi connectivity index (χ3v) is 2.20. The molecule has 13 heavy (non-hydrogen) atoms. The fourth-order valence-electron chi connectivity index (χ4n) is 0.958. The minimum atomic E-state index is -1.22. The molecule has 1 atom stereocenters. The standard InChI is InChI=1S/C9H10BrNO2/c10-7-3-1-6(2-4-7)5-8(11)9(12)13/h1-4,8H,5,11H2,(H,12,13)/p-1/t8-/m0/s1. The van der Waals surface area contributed by atoms with Crippen LogP contribution in [-0.4, -0.2) is 12.0 Å². The van der Waals surface area contributed by atoms with E-state index < -0.39 is 12.0 Å². The number of nitrogens with two attached hydrogens (primary N) is 1. The summed E-state index contributed by atoms with van der Waals surface area (Å²) in [6.07, 6.45) is 0.301. The van der Waals surface area contributed by atoms with Gasteiger partial charge in [0.1, 0.15) is 0 Å². The van der Waals surface area contributed by atoms with Gasteiger partial charge >= 0.3 is 0 Å². The first-order valence-electron chi connectivity index (χ1n) is 3.80. The number of halogens is 1. The van der Waals surface area contributed by atoms with Gasteiger partial charge in [-0.1, -0.05) is 28.1 Å². The molecule has 0 heterocycles. The average Bonchev–Trinajstić information content (AvgIpc) is 2.08. The Morgan fingerprint density at radius 1 is 1.46 bits per heavy atom. The molecule has 1 aromatic carbocycles. The summed E-state index contributed by atoms with van der Waals surface area (Å²) in [5.41, 5.74) is 6.20. The molecule has 1 rings (SSSR count). The van der Waals surface area contributed by atoms with Crippen LogP contribution in [0, 0.1) is 0 Å². The van der Waals surface area contributed by atoms with E-state index in [1.54, 1.807) is 0 Å². The average molecular weight is 243 g/mol. The Bertz CT molecular complexity index is 297. The highest BCUT2D eigenvalue weighted by molar-refractivity contribution is 9.10. The van der Waals surface area contributed by atoms with Crippen molar-refractivity contribution in [2.75, 3.05) is 0 Å². The molecule has 0 spiro atoms. The topological polar surface area (TPSA) is 66.2 Å². The molecule has 0 aromatic heterocycles. The smallest absolute Gasteiger partial charge is 0.0585 e. The Morgan fingerprint density at radius 2 is 2.00 bits per heavy atom. The molecular formula is C9H9BrNO2-. The molecule has 0 aliphatic heterocycles. The molecule has 3 nitrogen and oxygen atoms in total. The highest BCUT2D eigenvalue weighted by atomic mass is 79.9. The van der Waals surface area contributed by atoms with Gasteiger partial charge < -0.3 is 15.6 Å². The van der Waals surface area contributed by atoms with Crippen LogP contribution in [0.25, 0.3) is 0 Å². The van der Waals surface area contributed by atoms with Crippen molar-refractivity contribution in [1.82, 2.24) is 0 Å². The highest BCUT2D eigenvalue weighted by Crippen LogP contribution is 2.11.